The van der Waals surface area contributed by atoms with Crippen molar-refractivity contribution in [3.8, 4) is 5.75 Å². The Bertz CT molecular complexity index is 258. The van der Waals surface area contributed by atoms with Crippen molar-refractivity contribution < 1.29 is 9.45 Å². The molecule has 0 aliphatic rings. The Morgan fingerprint density at radius 3 is 2.27 bits per heavy atom. The van der Waals surface area contributed by atoms with Gasteiger partial charge >= 0.3 is 8.05 Å². The SMILES string of the molecule is [B]Oc1ccc(C(=O)Cl)cc1. The van der Waals surface area contributed by atoms with Crippen LogP contribution in [0.25, 0.3) is 0 Å². The van der Waals surface area contributed by atoms with E-state index in [1.54, 1.807) is 12.1 Å². The van der Waals surface area contributed by atoms with Gasteiger partial charge in [-0.1, -0.05) is 0 Å². The predicted octanol–water partition coefficient (Wildman–Crippen LogP) is 1.53. The van der Waals surface area contributed by atoms with E-state index in [1.807, 2.05) is 0 Å². The van der Waals surface area contributed by atoms with Crippen LogP contribution in [0.4, 0.5) is 0 Å². The van der Waals surface area contributed by atoms with Crippen molar-refractivity contribution in [3.05, 3.63) is 29.8 Å². The van der Waals surface area contributed by atoms with Crippen LogP contribution in [0, 0.1) is 0 Å². The molecule has 2 nitrogen and oxygen atoms in total. The highest BCUT2D eigenvalue weighted by molar-refractivity contribution is 6.67. The second-order valence-corrected chi connectivity index (χ2v) is 2.26. The maximum absolute atomic E-state index is 10.5. The number of rotatable bonds is 2. The standard InChI is InChI=1S/C7H4BClO2/c8-11-6-3-1-5(2-4-6)7(9)10/h1-4H. The maximum Gasteiger partial charge on any atom is 0.374 e. The average Bonchev–Trinajstić information content (AvgIpc) is 2.05. The first-order chi connectivity index (χ1) is 5.24. The Kier molecular flexibility index (Phi) is 2.55. The number of halogens is 1. The van der Waals surface area contributed by atoms with E-state index in [9.17, 15) is 4.79 Å². The van der Waals surface area contributed by atoms with Gasteiger partial charge in [0.05, 0.1) is 5.75 Å². The fourth-order valence-corrected chi connectivity index (χ4v) is 0.791. The normalized spacial score (nSPS) is 9.18. The zero-order valence-corrected chi connectivity index (χ0v) is 6.34. The lowest BCUT2D eigenvalue weighted by Gasteiger charge is -1.98. The summed E-state index contributed by atoms with van der Waals surface area (Å²) in [7, 11) is 4.86. The minimum Gasteiger partial charge on any atom is -0.568 e. The van der Waals surface area contributed by atoms with Crippen molar-refractivity contribution in [1.29, 1.82) is 0 Å². The number of benzene rings is 1. The van der Waals surface area contributed by atoms with Crippen molar-refractivity contribution >= 4 is 24.9 Å². The maximum atomic E-state index is 10.5. The van der Waals surface area contributed by atoms with Crippen molar-refractivity contribution in [2.24, 2.45) is 0 Å². The van der Waals surface area contributed by atoms with Crippen LogP contribution in [0.1, 0.15) is 10.4 Å². The van der Waals surface area contributed by atoms with Crippen molar-refractivity contribution in [2.75, 3.05) is 0 Å². The fraction of sp³-hybridized carbons (Fsp3) is 0. The Morgan fingerprint density at radius 1 is 1.36 bits per heavy atom. The first-order valence-corrected chi connectivity index (χ1v) is 3.28. The molecular weight excluding hydrogens is 162 g/mol. The molecule has 0 saturated carbocycles. The van der Waals surface area contributed by atoms with Crippen LogP contribution in [-0.4, -0.2) is 13.3 Å². The second kappa shape index (κ2) is 3.44. The number of carbonyl (C=O) groups is 1. The number of hydrogen-bond acceptors (Lipinski definition) is 2. The lowest BCUT2D eigenvalue weighted by Crippen LogP contribution is -1.89. The first kappa shape index (κ1) is 8.14. The van der Waals surface area contributed by atoms with E-state index in [4.69, 9.17) is 19.7 Å². The summed E-state index contributed by atoms with van der Waals surface area (Å²) in [6.45, 7) is 0. The van der Waals surface area contributed by atoms with E-state index < -0.39 is 5.24 Å². The molecule has 54 valence electrons. The third kappa shape index (κ3) is 1.98. The second-order valence-electron chi connectivity index (χ2n) is 1.92. The minimum absolute atomic E-state index is 0.424. The summed E-state index contributed by atoms with van der Waals surface area (Å²) >= 11 is 5.19. The highest BCUT2D eigenvalue weighted by atomic mass is 35.5. The van der Waals surface area contributed by atoms with Gasteiger partial charge in [-0.05, 0) is 35.9 Å². The number of hydrogen-bond donors (Lipinski definition) is 0. The van der Waals surface area contributed by atoms with Gasteiger partial charge in [-0.2, -0.15) is 0 Å². The fourth-order valence-electron chi connectivity index (χ4n) is 0.665. The van der Waals surface area contributed by atoms with Gasteiger partial charge in [0.15, 0.2) is 0 Å². The lowest BCUT2D eigenvalue weighted by atomic mass is 10.2. The summed E-state index contributed by atoms with van der Waals surface area (Å²) in [4.78, 5) is 10.5. The van der Waals surface area contributed by atoms with E-state index in [0.29, 0.717) is 11.3 Å². The molecule has 0 unspecified atom stereocenters. The van der Waals surface area contributed by atoms with Gasteiger partial charge in [0, 0.05) is 5.56 Å². The molecule has 11 heavy (non-hydrogen) atoms. The molecule has 0 N–H and O–H groups in total. The topological polar surface area (TPSA) is 26.3 Å². The molecule has 0 amide bonds. The summed E-state index contributed by atoms with van der Waals surface area (Å²) < 4.78 is 4.39. The highest BCUT2D eigenvalue weighted by Crippen LogP contribution is 2.12. The largest absolute Gasteiger partial charge is 0.568 e. The molecule has 0 atom stereocenters. The minimum atomic E-state index is -0.492. The van der Waals surface area contributed by atoms with Crippen LogP contribution in [0.2, 0.25) is 0 Å². The summed E-state index contributed by atoms with van der Waals surface area (Å²) in [6.07, 6.45) is 0. The van der Waals surface area contributed by atoms with Crippen LogP contribution in [0.5, 0.6) is 5.75 Å². The van der Waals surface area contributed by atoms with Crippen molar-refractivity contribution in [1.82, 2.24) is 0 Å². The van der Waals surface area contributed by atoms with Gasteiger partial charge in [0.2, 0.25) is 0 Å². The van der Waals surface area contributed by atoms with Crippen LogP contribution in [-0.2, 0) is 0 Å². The van der Waals surface area contributed by atoms with E-state index in [2.05, 4.69) is 4.65 Å². The Morgan fingerprint density at radius 2 is 1.91 bits per heavy atom. The molecule has 1 rings (SSSR count). The third-order valence-corrected chi connectivity index (χ3v) is 1.44. The molecule has 0 bridgehead atoms. The van der Waals surface area contributed by atoms with Crippen LogP contribution >= 0.6 is 11.6 Å². The van der Waals surface area contributed by atoms with Gasteiger partial charge in [0.1, 0.15) is 0 Å². The quantitative estimate of drug-likeness (QED) is 0.492. The van der Waals surface area contributed by atoms with Gasteiger partial charge in [-0.25, -0.2) is 0 Å². The van der Waals surface area contributed by atoms with Gasteiger partial charge < -0.3 is 4.65 Å². The van der Waals surface area contributed by atoms with Crippen molar-refractivity contribution in [2.45, 2.75) is 0 Å². The summed E-state index contributed by atoms with van der Waals surface area (Å²) in [6, 6.07) is 6.21. The highest BCUT2D eigenvalue weighted by Gasteiger charge is 1.99. The zero-order chi connectivity index (χ0) is 8.27. The van der Waals surface area contributed by atoms with Crippen LogP contribution in [0.3, 0.4) is 0 Å². The van der Waals surface area contributed by atoms with Gasteiger partial charge in [0.25, 0.3) is 5.24 Å². The Labute approximate surface area is 70.6 Å². The summed E-state index contributed by atoms with van der Waals surface area (Å²) in [5, 5.41) is -0.492. The van der Waals surface area contributed by atoms with E-state index in [0.717, 1.165) is 0 Å². The smallest absolute Gasteiger partial charge is 0.374 e. The molecule has 1 aromatic carbocycles. The zero-order valence-electron chi connectivity index (χ0n) is 5.58. The van der Waals surface area contributed by atoms with Gasteiger partial charge in [-0.15, -0.1) is 0 Å². The van der Waals surface area contributed by atoms with E-state index in [-0.39, 0.29) is 0 Å². The first-order valence-electron chi connectivity index (χ1n) is 2.90. The lowest BCUT2D eigenvalue weighted by molar-refractivity contribution is 0.108. The monoisotopic (exact) mass is 166 g/mol. The van der Waals surface area contributed by atoms with Crippen LogP contribution < -0.4 is 4.65 Å². The average molecular weight is 166 g/mol. The Balaban J connectivity index is 2.91. The Hall–Kier alpha value is -0.955. The molecular formula is C7H4BClO2. The summed E-state index contributed by atoms with van der Waals surface area (Å²) in [5.74, 6) is 0.492. The molecule has 0 heterocycles. The third-order valence-electron chi connectivity index (χ3n) is 1.22. The van der Waals surface area contributed by atoms with E-state index in [1.165, 1.54) is 12.1 Å². The summed E-state index contributed by atoms with van der Waals surface area (Å²) in [5.41, 5.74) is 0.424. The molecule has 1 aromatic rings. The molecule has 2 radical (unpaired) electrons. The molecule has 0 aliphatic heterocycles. The van der Waals surface area contributed by atoms with Crippen LogP contribution in [0.15, 0.2) is 24.3 Å². The molecule has 4 heteroatoms. The molecule has 0 spiro atoms. The molecule has 0 aromatic heterocycles. The predicted molar refractivity (Wildman–Crippen MR) is 43.0 cm³/mol. The van der Waals surface area contributed by atoms with Gasteiger partial charge in [-0.3, -0.25) is 4.79 Å². The molecule has 0 fully saturated rings. The number of carbonyl (C=O) groups excluding carboxylic acids is 1. The molecule has 0 saturated heterocycles. The van der Waals surface area contributed by atoms with Crippen molar-refractivity contribution in [3.63, 3.8) is 0 Å². The molecule has 0 aliphatic carbocycles. The van der Waals surface area contributed by atoms with E-state index >= 15 is 0 Å².